The number of methoxy groups -OCH3 is 1. The van der Waals surface area contributed by atoms with E-state index in [1.807, 2.05) is 11.5 Å². The maximum absolute atomic E-state index is 5.00. The van der Waals surface area contributed by atoms with Crippen molar-refractivity contribution in [2.24, 2.45) is 0 Å². The van der Waals surface area contributed by atoms with E-state index in [2.05, 4.69) is 35.8 Å². The van der Waals surface area contributed by atoms with Crippen LogP contribution < -0.4 is 15.4 Å². The van der Waals surface area contributed by atoms with Crippen LogP contribution in [-0.4, -0.2) is 43.9 Å². The molecule has 0 amide bonds. The van der Waals surface area contributed by atoms with Crippen molar-refractivity contribution in [2.45, 2.75) is 20.0 Å². The molecule has 2 rings (SSSR count). The molecule has 0 aliphatic carbocycles. The van der Waals surface area contributed by atoms with Crippen LogP contribution in [-0.2, 0) is 13.1 Å². The van der Waals surface area contributed by atoms with Gasteiger partial charge in [0.15, 0.2) is 5.82 Å². The van der Waals surface area contributed by atoms with Gasteiger partial charge in [-0.15, -0.1) is 10.2 Å². The summed E-state index contributed by atoms with van der Waals surface area (Å²) >= 11 is 0. The molecule has 2 aromatic heterocycles. The first kappa shape index (κ1) is 13.0. The minimum Gasteiger partial charge on any atom is -0.467 e. The zero-order chi connectivity index (χ0) is 13.7. The van der Waals surface area contributed by atoms with Crippen LogP contribution in [0.5, 0.6) is 6.01 Å². The SMILES string of the molecule is CCn1cnnc1CNc1nc(NC)nc(OC)n1. The van der Waals surface area contributed by atoms with Crippen molar-refractivity contribution < 1.29 is 4.74 Å². The smallest absolute Gasteiger partial charge is 0.322 e. The zero-order valence-electron chi connectivity index (χ0n) is 11.1. The van der Waals surface area contributed by atoms with Gasteiger partial charge in [0, 0.05) is 13.6 Å². The van der Waals surface area contributed by atoms with Crippen molar-refractivity contribution in [3.8, 4) is 6.01 Å². The monoisotopic (exact) mass is 264 g/mol. The molecule has 0 atom stereocenters. The molecule has 0 radical (unpaired) electrons. The molecule has 9 heteroatoms. The maximum Gasteiger partial charge on any atom is 0.322 e. The lowest BCUT2D eigenvalue weighted by atomic mass is 10.5. The number of nitrogens with zero attached hydrogens (tertiary/aromatic N) is 6. The Morgan fingerprint density at radius 1 is 1.26 bits per heavy atom. The minimum absolute atomic E-state index is 0.249. The predicted octanol–water partition coefficient (Wildman–Crippen LogP) is 0.145. The van der Waals surface area contributed by atoms with Crippen LogP contribution in [0.4, 0.5) is 11.9 Å². The lowest BCUT2D eigenvalue weighted by molar-refractivity contribution is 0.379. The molecule has 0 fully saturated rings. The summed E-state index contributed by atoms with van der Waals surface area (Å²) < 4.78 is 6.94. The quantitative estimate of drug-likeness (QED) is 0.759. The van der Waals surface area contributed by atoms with Crippen LogP contribution >= 0.6 is 0 Å². The van der Waals surface area contributed by atoms with E-state index in [4.69, 9.17) is 4.74 Å². The number of hydrogen-bond acceptors (Lipinski definition) is 8. The molecule has 0 saturated carbocycles. The van der Waals surface area contributed by atoms with Crippen molar-refractivity contribution in [2.75, 3.05) is 24.8 Å². The van der Waals surface area contributed by atoms with Gasteiger partial charge in [0.2, 0.25) is 11.9 Å². The highest BCUT2D eigenvalue weighted by molar-refractivity contribution is 5.35. The summed E-state index contributed by atoms with van der Waals surface area (Å²) in [7, 11) is 3.23. The molecular formula is C10H16N8O. The second kappa shape index (κ2) is 5.94. The molecule has 102 valence electrons. The highest BCUT2D eigenvalue weighted by atomic mass is 16.5. The van der Waals surface area contributed by atoms with Crippen molar-refractivity contribution in [3.63, 3.8) is 0 Å². The van der Waals surface area contributed by atoms with Gasteiger partial charge < -0.3 is 19.9 Å². The number of hydrogen-bond donors (Lipinski definition) is 2. The van der Waals surface area contributed by atoms with Crippen LogP contribution in [0.1, 0.15) is 12.7 Å². The second-order valence-corrected chi connectivity index (χ2v) is 3.61. The number of anilines is 2. The Labute approximate surface area is 110 Å². The maximum atomic E-state index is 5.00. The van der Waals surface area contributed by atoms with Crippen molar-refractivity contribution in [1.82, 2.24) is 29.7 Å². The molecule has 0 aliphatic heterocycles. The van der Waals surface area contributed by atoms with Crippen LogP contribution in [0.15, 0.2) is 6.33 Å². The Morgan fingerprint density at radius 3 is 2.74 bits per heavy atom. The summed E-state index contributed by atoms with van der Waals surface area (Å²) in [5, 5.41) is 13.8. The molecule has 2 aromatic rings. The fraction of sp³-hybridized carbons (Fsp3) is 0.500. The first-order valence-electron chi connectivity index (χ1n) is 5.85. The summed E-state index contributed by atoms with van der Waals surface area (Å²) in [6, 6.07) is 0.249. The van der Waals surface area contributed by atoms with Gasteiger partial charge in [0.25, 0.3) is 0 Å². The number of rotatable bonds is 6. The minimum atomic E-state index is 0.249. The number of ether oxygens (including phenoxy) is 1. The zero-order valence-corrected chi connectivity index (χ0v) is 11.1. The second-order valence-electron chi connectivity index (χ2n) is 3.61. The van der Waals surface area contributed by atoms with Crippen molar-refractivity contribution >= 4 is 11.9 Å². The van der Waals surface area contributed by atoms with E-state index >= 15 is 0 Å². The van der Waals surface area contributed by atoms with E-state index in [-0.39, 0.29) is 6.01 Å². The Kier molecular flexibility index (Phi) is 4.06. The number of nitrogens with one attached hydrogen (secondary N) is 2. The molecule has 0 aromatic carbocycles. The number of aryl methyl sites for hydroxylation is 1. The first-order chi connectivity index (χ1) is 9.26. The summed E-state index contributed by atoms with van der Waals surface area (Å²) in [5.41, 5.74) is 0. The lowest BCUT2D eigenvalue weighted by Crippen LogP contribution is -2.11. The third-order valence-electron chi connectivity index (χ3n) is 2.46. The Hall–Kier alpha value is -2.45. The third-order valence-corrected chi connectivity index (χ3v) is 2.46. The normalized spacial score (nSPS) is 10.3. The fourth-order valence-electron chi connectivity index (χ4n) is 1.48. The third kappa shape index (κ3) is 3.06. The molecule has 0 spiro atoms. The highest BCUT2D eigenvalue weighted by Gasteiger charge is 2.07. The summed E-state index contributed by atoms with van der Waals surface area (Å²) in [4.78, 5) is 12.3. The van der Waals surface area contributed by atoms with Gasteiger partial charge >= 0.3 is 6.01 Å². The standard InChI is InChI=1S/C10H16N8O/c1-4-18-6-13-17-7(18)5-12-9-14-8(11-2)15-10(16-9)19-3/h6H,4-5H2,1-3H3,(H2,11,12,14,15,16). The topological polar surface area (TPSA) is 103 Å². The summed E-state index contributed by atoms with van der Waals surface area (Å²) in [6.45, 7) is 3.31. The van der Waals surface area contributed by atoms with Gasteiger partial charge in [0.05, 0.1) is 13.7 Å². The number of aromatic nitrogens is 6. The van der Waals surface area contributed by atoms with E-state index in [0.717, 1.165) is 12.4 Å². The Morgan fingerprint density at radius 2 is 2.05 bits per heavy atom. The van der Waals surface area contributed by atoms with Crippen LogP contribution in [0, 0.1) is 0 Å². The molecular weight excluding hydrogens is 248 g/mol. The lowest BCUT2D eigenvalue weighted by Gasteiger charge is -2.08. The van der Waals surface area contributed by atoms with Gasteiger partial charge in [-0.2, -0.15) is 15.0 Å². The molecule has 19 heavy (non-hydrogen) atoms. The molecule has 0 bridgehead atoms. The molecule has 2 heterocycles. The van der Waals surface area contributed by atoms with Gasteiger partial charge in [-0.3, -0.25) is 0 Å². The van der Waals surface area contributed by atoms with E-state index in [1.54, 1.807) is 13.4 Å². The molecule has 0 aliphatic rings. The van der Waals surface area contributed by atoms with Crippen molar-refractivity contribution in [3.05, 3.63) is 12.2 Å². The summed E-state index contributed by atoms with van der Waals surface area (Å²) in [6.07, 6.45) is 1.68. The van der Waals surface area contributed by atoms with Gasteiger partial charge in [-0.1, -0.05) is 0 Å². The first-order valence-corrected chi connectivity index (χ1v) is 5.85. The molecule has 0 saturated heterocycles. The average Bonchev–Trinajstić information content (AvgIpc) is 2.92. The van der Waals surface area contributed by atoms with Crippen LogP contribution in [0.3, 0.4) is 0 Å². The van der Waals surface area contributed by atoms with E-state index in [9.17, 15) is 0 Å². The Bertz CT molecular complexity index is 518. The van der Waals surface area contributed by atoms with Gasteiger partial charge in [-0.25, -0.2) is 0 Å². The van der Waals surface area contributed by atoms with Crippen molar-refractivity contribution in [1.29, 1.82) is 0 Å². The molecule has 2 N–H and O–H groups in total. The molecule has 9 nitrogen and oxygen atoms in total. The fourth-order valence-corrected chi connectivity index (χ4v) is 1.48. The van der Waals surface area contributed by atoms with E-state index in [0.29, 0.717) is 18.4 Å². The Balaban J connectivity index is 2.10. The highest BCUT2D eigenvalue weighted by Crippen LogP contribution is 2.10. The van der Waals surface area contributed by atoms with E-state index in [1.165, 1.54) is 7.11 Å². The van der Waals surface area contributed by atoms with Crippen LogP contribution in [0.25, 0.3) is 0 Å². The van der Waals surface area contributed by atoms with Gasteiger partial charge in [-0.05, 0) is 6.92 Å². The van der Waals surface area contributed by atoms with Crippen LogP contribution in [0.2, 0.25) is 0 Å². The summed E-state index contributed by atoms with van der Waals surface area (Å²) in [5.74, 6) is 1.67. The average molecular weight is 264 g/mol. The molecule has 0 unspecified atom stereocenters. The largest absolute Gasteiger partial charge is 0.467 e. The van der Waals surface area contributed by atoms with Gasteiger partial charge in [0.1, 0.15) is 6.33 Å². The van der Waals surface area contributed by atoms with E-state index < -0.39 is 0 Å². The predicted molar refractivity (Wildman–Crippen MR) is 68.9 cm³/mol.